The quantitative estimate of drug-likeness (QED) is 0.918. The number of aromatic nitrogens is 2. The van der Waals surface area contributed by atoms with Crippen LogP contribution in [0, 0.1) is 0 Å². The van der Waals surface area contributed by atoms with Crippen LogP contribution in [0.5, 0.6) is 0 Å². The average molecular weight is 288 g/mol. The molecule has 5 heteroatoms. The van der Waals surface area contributed by atoms with Crippen molar-refractivity contribution in [1.82, 2.24) is 20.2 Å². The van der Waals surface area contributed by atoms with E-state index in [2.05, 4.69) is 17.2 Å². The molecule has 21 heavy (non-hydrogen) atoms. The van der Waals surface area contributed by atoms with Crippen LogP contribution in [0.2, 0.25) is 0 Å². The monoisotopic (exact) mass is 288 g/mol. The summed E-state index contributed by atoms with van der Waals surface area (Å²) in [6.07, 6.45) is 6.67. The van der Waals surface area contributed by atoms with Gasteiger partial charge >= 0.3 is 0 Å². The third-order valence-electron chi connectivity index (χ3n) is 4.43. The van der Waals surface area contributed by atoms with E-state index >= 15 is 0 Å². The fraction of sp³-hybridized carbons (Fsp3) is 0.688. The molecule has 1 aromatic rings. The van der Waals surface area contributed by atoms with Crippen molar-refractivity contribution < 1.29 is 4.79 Å². The van der Waals surface area contributed by atoms with Gasteiger partial charge in [0.2, 0.25) is 5.91 Å². The summed E-state index contributed by atoms with van der Waals surface area (Å²) in [4.78, 5) is 23.4. The molecule has 1 atom stereocenters. The first-order chi connectivity index (χ1) is 10.3. The number of nitrogens with zero attached hydrogens (tertiary/aromatic N) is 3. The second-order valence-corrected chi connectivity index (χ2v) is 6.06. The highest BCUT2D eigenvalue weighted by atomic mass is 16.2. The lowest BCUT2D eigenvalue weighted by molar-refractivity contribution is -0.132. The number of fused-ring (bicyclic) bond motifs is 1. The lowest BCUT2D eigenvalue weighted by Crippen LogP contribution is -2.39. The Morgan fingerprint density at radius 3 is 3.29 bits per heavy atom. The van der Waals surface area contributed by atoms with Crippen molar-refractivity contribution in [3.63, 3.8) is 0 Å². The van der Waals surface area contributed by atoms with E-state index in [1.807, 2.05) is 11.1 Å². The predicted octanol–water partition coefficient (Wildman–Crippen LogP) is 1.63. The molecule has 114 valence electrons. The Kier molecular flexibility index (Phi) is 4.48. The molecule has 0 spiro atoms. The largest absolute Gasteiger partial charge is 0.342 e. The van der Waals surface area contributed by atoms with Gasteiger partial charge in [0.05, 0.1) is 0 Å². The zero-order valence-corrected chi connectivity index (χ0v) is 12.8. The van der Waals surface area contributed by atoms with Crippen molar-refractivity contribution in [2.45, 2.75) is 51.5 Å². The first kappa shape index (κ1) is 14.4. The normalized spacial score (nSPS) is 22.0. The Morgan fingerprint density at radius 2 is 2.43 bits per heavy atom. The van der Waals surface area contributed by atoms with E-state index in [1.54, 1.807) is 0 Å². The van der Waals surface area contributed by atoms with E-state index in [9.17, 15) is 4.79 Å². The number of hydrogen-bond acceptors (Lipinski definition) is 4. The lowest BCUT2D eigenvalue weighted by Gasteiger charge is -2.32. The molecule has 2 aliphatic heterocycles. The maximum Gasteiger partial charge on any atom is 0.222 e. The summed E-state index contributed by atoms with van der Waals surface area (Å²) in [7, 11) is 0. The van der Waals surface area contributed by atoms with Gasteiger partial charge in [-0.1, -0.05) is 6.92 Å². The minimum absolute atomic E-state index is 0.282. The lowest BCUT2D eigenvalue weighted by atomic mass is 9.96. The van der Waals surface area contributed by atoms with E-state index in [4.69, 9.17) is 4.98 Å². The van der Waals surface area contributed by atoms with Crippen LogP contribution in [0.1, 0.15) is 55.6 Å². The van der Waals surface area contributed by atoms with Gasteiger partial charge in [-0.2, -0.15) is 0 Å². The summed E-state index contributed by atoms with van der Waals surface area (Å²) < 4.78 is 0. The van der Waals surface area contributed by atoms with Crippen LogP contribution in [-0.4, -0.2) is 40.4 Å². The van der Waals surface area contributed by atoms with E-state index in [-0.39, 0.29) is 5.91 Å². The first-order valence-electron chi connectivity index (χ1n) is 8.11. The van der Waals surface area contributed by atoms with Crippen molar-refractivity contribution in [2.24, 2.45) is 0 Å². The fourth-order valence-electron chi connectivity index (χ4n) is 3.23. The van der Waals surface area contributed by atoms with Gasteiger partial charge in [-0.05, 0) is 19.3 Å². The highest BCUT2D eigenvalue weighted by Crippen LogP contribution is 2.26. The van der Waals surface area contributed by atoms with Gasteiger partial charge in [-0.15, -0.1) is 0 Å². The SMILES string of the molecule is CCCC(=O)N1CCC[C@@H](c2ncc3c(n2)CCNC3)C1. The van der Waals surface area contributed by atoms with Crippen molar-refractivity contribution in [1.29, 1.82) is 0 Å². The minimum Gasteiger partial charge on any atom is -0.342 e. The van der Waals surface area contributed by atoms with Gasteiger partial charge in [-0.3, -0.25) is 4.79 Å². The van der Waals surface area contributed by atoms with E-state index < -0.39 is 0 Å². The summed E-state index contributed by atoms with van der Waals surface area (Å²) >= 11 is 0. The topological polar surface area (TPSA) is 58.1 Å². The van der Waals surface area contributed by atoms with Crippen LogP contribution in [-0.2, 0) is 17.8 Å². The molecule has 3 heterocycles. The molecular formula is C16H24N4O. The van der Waals surface area contributed by atoms with Crippen LogP contribution in [0.4, 0.5) is 0 Å². The summed E-state index contributed by atoms with van der Waals surface area (Å²) in [5.74, 6) is 1.52. The molecule has 0 unspecified atom stereocenters. The number of likely N-dealkylation sites (tertiary alicyclic amines) is 1. The van der Waals surface area contributed by atoms with Crippen LogP contribution >= 0.6 is 0 Å². The molecule has 5 nitrogen and oxygen atoms in total. The highest BCUT2D eigenvalue weighted by molar-refractivity contribution is 5.76. The van der Waals surface area contributed by atoms with E-state index in [0.29, 0.717) is 12.3 Å². The number of carbonyl (C=O) groups excluding carboxylic acids is 1. The predicted molar refractivity (Wildman–Crippen MR) is 80.9 cm³/mol. The molecule has 1 N–H and O–H groups in total. The van der Waals surface area contributed by atoms with Crippen molar-refractivity contribution in [3.05, 3.63) is 23.3 Å². The zero-order chi connectivity index (χ0) is 14.7. The van der Waals surface area contributed by atoms with Gasteiger partial charge in [0.1, 0.15) is 5.82 Å². The zero-order valence-electron chi connectivity index (χ0n) is 12.8. The fourth-order valence-corrected chi connectivity index (χ4v) is 3.23. The summed E-state index contributed by atoms with van der Waals surface area (Å²) in [5.41, 5.74) is 2.41. The van der Waals surface area contributed by atoms with Gasteiger partial charge in [-0.25, -0.2) is 9.97 Å². The number of piperidine rings is 1. The maximum atomic E-state index is 12.1. The molecule has 0 aliphatic carbocycles. The molecule has 0 saturated carbocycles. The molecule has 3 rings (SSSR count). The van der Waals surface area contributed by atoms with Gasteiger partial charge in [0, 0.05) is 62.4 Å². The van der Waals surface area contributed by atoms with Crippen molar-refractivity contribution in [2.75, 3.05) is 19.6 Å². The third-order valence-corrected chi connectivity index (χ3v) is 4.43. The summed E-state index contributed by atoms with van der Waals surface area (Å²) in [6, 6.07) is 0. The summed E-state index contributed by atoms with van der Waals surface area (Å²) in [6.45, 7) is 5.61. The minimum atomic E-state index is 0.282. The second-order valence-electron chi connectivity index (χ2n) is 6.06. The maximum absolute atomic E-state index is 12.1. The Balaban J connectivity index is 1.72. The van der Waals surface area contributed by atoms with Gasteiger partial charge < -0.3 is 10.2 Å². The number of amides is 1. The third kappa shape index (κ3) is 3.23. The average Bonchev–Trinajstić information content (AvgIpc) is 2.55. The number of hydrogen-bond donors (Lipinski definition) is 1. The number of carbonyl (C=O) groups is 1. The molecule has 1 aromatic heterocycles. The molecule has 1 saturated heterocycles. The van der Waals surface area contributed by atoms with E-state index in [1.165, 1.54) is 11.3 Å². The molecule has 0 aromatic carbocycles. The molecule has 1 amide bonds. The molecule has 0 radical (unpaired) electrons. The van der Waals surface area contributed by atoms with Gasteiger partial charge in [0.15, 0.2) is 0 Å². The first-order valence-corrected chi connectivity index (χ1v) is 8.11. The number of nitrogens with one attached hydrogen (secondary N) is 1. The van der Waals surface area contributed by atoms with Gasteiger partial charge in [0.25, 0.3) is 0 Å². The molecular weight excluding hydrogens is 264 g/mol. The summed E-state index contributed by atoms with van der Waals surface area (Å²) in [5, 5.41) is 3.34. The Morgan fingerprint density at radius 1 is 1.52 bits per heavy atom. The standard InChI is InChI=1S/C16H24N4O/c1-2-4-15(21)20-8-3-5-12(11-20)16-18-10-13-9-17-7-6-14(13)19-16/h10,12,17H,2-9,11H2,1H3/t12-/m1/s1. The van der Waals surface area contributed by atoms with Crippen LogP contribution in [0.25, 0.3) is 0 Å². The Bertz CT molecular complexity index is 517. The van der Waals surface area contributed by atoms with Crippen LogP contribution < -0.4 is 5.32 Å². The Hall–Kier alpha value is -1.49. The van der Waals surface area contributed by atoms with Crippen molar-refractivity contribution >= 4 is 5.91 Å². The molecule has 0 bridgehead atoms. The highest BCUT2D eigenvalue weighted by Gasteiger charge is 2.26. The van der Waals surface area contributed by atoms with Crippen LogP contribution in [0.15, 0.2) is 6.20 Å². The Labute approximate surface area is 126 Å². The molecule has 1 fully saturated rings. The van der Waals surface area contributed by atoms with Crippen molar-refractivity contribution in [3.8, 4) is 0 Å². The number of rotatable bonds is 3. The smallest absolute Gasteiger partial charge is 0.222 e. The molecule has 2 aliphatic rings. The second kappa shape index (κ2) is 6.52. The van der Waals surface area contributed by atoms with Crippen LogP contribution in [0.3, 0.4) is 0 Å². The van der Waals surface area contributed by atoms with E-state index in [0.717, 1.165) is 57.7 Å².